The van der Waals surface area contributed by atoms with Gasteiger partial charge in [-0.1, -0.05) is 12.1 Å². The van der Waals surface area contributed by atoms with E-state index < -0.39 is 0 Å². The van der Waals surface area contributed by atoms with E-state index in [0.717, 1.165) is 21.8 Å². The molecule has 0 aliphatic rings. The first kappa shape index (κ1) is 13.8. The summed E-state index contributed by atoms with van der Waals surface area (Å²) in [7, 11) is 0. The molecule has 0 radical (unpaired) electrons. The second kappa shape index (κ2) is 6.49. The first-order valence-electron chi connectivity index (χ1n) is 6.00. The Morgan fingerprint density at radius 2 is 1.95 bits per heavy atom. The molecule has 0 spiro atoms. The van der Waals surface area contributed by atoms with Gasteiger partial charge < -0.3 is 16.4 Å². The number of hydrogen-bond donors (Lipinski definition) is 3. The summed E-state index contributed by atoms with van der Waals surface area (Å²) in [5.74, 6) is 2.22. The van der Waals surface area contributed by atoms with Crippen LogP contribution in [0.25, 0.3) is 0 Å². The summed E-state index contributed by atoms with van der Waals surface area (Å²) in [5, 5.41) is 6.41. The molecule has 0 aliphatic heterocycles. The molecule has 19 heavy (non-hydrogen) atoms. The highest BCUT2D eigenvalue weighted by Gasteiger charge is 2.04. The molecular weight excluding hydrogens is 306 g/mol. The predicted molar refractivity (Wildman–Crippen MR) is 81.7 cm³/mol. The number of rotatable bonds is 5. The maximum absolute atomic E-state index is 5.47. The zero-order chi connectivity index (χ0) is 13.7. The number of nitrogens with zero attached hydrogens (tertiary/aromatic N) is 2. The van der Waals surface area contributed by atoms with Crippen LogP contribution in [0, 0.1) is 6.92 Å². The summed E-state index contributed by atoms with van der Waals surface area (Å²) in [4.78, 5) is 8.67. The first-order valence-corrected chi connectivity index (χ1v) is 6.79. The highest BCUT2D eigenvalue weighted by molar-refractivity contribution is 9.10. The average molecular weight is 322 g/mol. The third kappa shape index (κ3) is 3.90. The molecule has 6 heteroatoms. The fraction of sp³-hybridized carbons (Fsp3) is 0.231. The van der Waals surface area contributed by atoms with Gasteiger partial charge in [-0.25, -0.2) is 9.97 Å². The second-order valence-electron chi connectivity index (χ2n) is 4.01. The molecule has 2 aromatic rings. The number of para-hydroxylation sites is 1. The maximum atomic E-state index is 5.47. The Morgan fingerprint density at radius 1 is 1.21 bits per heavy atom. The molecule has 1 aromatic heterocycles. The van der Waals surface area contributed by atoms with Crippen LogP contribution in [0.4, 0.5) is 17.3 Å². The van der Waals surface area contributed by atoms with Gasteiger partial charge in [-0.3, -0.25) is 0 Å². The Morgan fingerprint density at radius 3 is 2.68 bits per heavy atom. The van der Waals surface area contributed by atoms with Crippen LogP contribution in [-0.2, 0) is 0 Å². The zero-order valence-corrected chi connectivity index (χ0v) is 12.2. The van der Waals surface area contributed by atoms with E-state index in [1.54, 1.807) is 0 Å². The molecule has 0 unspecified atom stereocenters. The Balaban J connectivity index is 2.20. The van der Waals surface area contributed by atoms with Crippen LogP contribution >= 0.6 is 15.9 Å². The van der Waals surface area contributed by atoms with Crippen molar-refractivity contribution >= 4 is 33.3 Å². The SMILES string of the molecule is Cc1nc(NCCN)cc(Nc2ccccc2Br)n1. The Hall–Kier alpha value is -1.66. The number of aromatic nitrogens is 2. The number of hydrogen-bond acceptors (Lipinski definition) is 5. The molecule has 4 N–H and O–H groups in total. The lowest BCUT2D eigenvalue weighted by molar-refractivity contribution is 0.987. The average Bonchev–Trinajstić information content (AvgIpc) is 2.38. The first-order chi connectivity index (χ1) is 9.19. The number of nitrogens with two attached hydrogens (primary N) is 1. The third-order valence-corrected chi connectivity index (χ3v) is 3.12. The van der Waals surface area contributed by atoms with E-state index in [0.29, 0.717) is 18.9 Å². The highest BCUT2D eigenvalue weighted by atomic mass is 79.9. The van der Waals surface area contributed by atoms with Crippen LogP contribution < -0.4 is 16.4 Å². The summed E-state index contributed by atoms with van der Waals surface area (Å²) in [6, 6.07) is 9.75. The number of anilines is 3. The van der Waals surface area contributed by atoms with Gasteiger partial charge in [0.2, 0.25) is 0 Å². The van der Waals surface area contributed by atoms with E-state index in [-0.39, 0.29) is 0 Å². The molecule has 0 amide bonds. The van der Waals surface area contributed by atoms with Gasteiger partial charge in [-0.05, 0) is 35.0 Å². The van der Waals surface area contributed by atoms with Gasteiger partial charge in [0, 0.05) is 23.6 Å². The van der Waals surface area contributed by atoms with E-state index in [4.69, 9.17) is 5.73 Å². The van der Waals surface area contributed by atoms with Gasteiger partial charge in [0.25, 0.3) is 0 Å². The van der Waals surface area contributed by atoms with E-state index in [1.165, 1.54) is 0 Å². The van der Waals surface area contributed by atoms with Crippen molar-refractivity contribution in [2.75, 3.05) is 23.7 Å². The van der Waals surface area contributed by atoms with Gasteiger partial charge in [0.05, 0.1) is 5.69 Å². The second-order valence-corrected chi connectivity index (χ2v) is 4.86. The van der Waals surface area contributed by atoms with E-state index >= 15 is 0 Å². The van der Waals surface area contributed by atoms with Gasteiger partial charge in [-0.2, -0.15) is 0 Å². The molecule has 1 aromatic carbocycles. The summed E-state index contributed by atoms with van der Waals surface area (Å²) in [5.41, 5.74) is 6.43. The van der Waals surface area contributed by atoms with Gasteiger partial charge in [0.15, 0.2) is 0 Å². The number of nitrogens with one attached hydrogen (secondary N) is 2. The molecule has 2 rings (SSSR count). The predicted octanol–water partition coefficient (Wildman–Crippen LogP) is 2.66. The molecule has 0 fully saturated rings. The lowest BCUT2D eigenvalue weighted by Gasteiger charge is -2.10. The molecule has 0 saturated carbocycles. The third-order valence-electron chi connectivity index (χ3n) is 2.42. The largest absolute Gasteiger partial charge is 0.369 e. The Bertz CT molecular complexity index is 558. The van der Waals surface area contributed by atoms with Crippen LogP contribution in [-0.4, -0.2) is 23.1 Å². The number of benzene rings is 1. The zero-order valence-electron chi connectivity index (χ0n) is 10.7. The van der Waals surface area contributed by atoms with Crippen molar-refractivity contribution in [3.8, 4) is 0 Å². The van der Waals surface area contributed by atoms with Crippen LogP contribution in [0.15, 0.2) is 34.8 Å². The normalized spacial score (nSPS) is 10.3. The van der Waals surface area contributed by atoms with Crippen LogP contribution in [0.5, 0.6) is 0 Å². The fourth-order valence-electron chi connectivity index (χ4n) is 1.62. The molecular formula is C13H16BrN5. The van der Waals surface area contributed by atoms with E-state index in [2.05, 4.69) is 36.5 Å². The number of aryl methyl sites for hydroxylation is 1. The van der Waals surface area contributed by atoms with Gasteiger partial charge in [0.1, 0.15) is 17.5 Å². The molecule has 0 atom stereocenters. The monoisotopic (exact) mass is 321 g/mol. The van der Waals surface area contributed by atoms with Crippen molar-refractivity contribution in [1.29, 1.82) is 0 Å². The fourth-order valence-corrected chi connectivity index (χ4v) is 2.01. The lowest BCUT2D eigenvalue weighted by Crippen LogP contribution is -2.14. The summed E-state index contributed by atoms with van der Waals surface area (Å²) >= 11 is 3.49. The smallest absolute Gasteiger partial charge is 0.136 e. The van der Waals surface area contributed by atoms with Crippen molar-refractivity contribution in [2.24, 2.45) is 5.73 Å². The molecule has 5 nitrogen and oxygen atoms in total. The van der Waals surface area contributed by atoms with E-state index in [1.807, 2.05) is 37.3 Å². The Kier molecular flexibility index (Phi) is 4.70. The Labute approximate surface area is 120 Å². The summed E-state index contributed by atoms with van der Waals surface area (Å²) < 4.78 is 0.989. The van der Waals surface area contributed by atoms with Crippen molar-refractivity contribution in [1.82, 2.24) is 9.97 Å². The van der Waals surface area contributed by atoms with Gasteiger partial charge >= 0.3 is 0 Å². The van der Waals surface area contributed by atoms with Crippen molar-refractivity contribution in [2.45, 2.75) is 6.92 Å². The molecule has 0 aliphatic carbocycles. The highest BCUT2D eigenvalue weighted by Crippen LogP contribution is 2.25. The standard InChI is InChI=1S/C13H16BrN5/c1-9-17-12(16-7-6-15)8-13(18-9)19-11-5-3-2-4-10(11)14/h2-5,8H,6-7,15H2,1H3,(H2,16,17,18,19). The molecule has 0 saturated heterocycles. The lowest BCUT2D eigenvalue weighted by atomic mass is 10.3. The molecule has 0 bridgehead atoms. The van der Waals surface area contributed by atoms with Crippen molar-refractivity contribution in [3.63, 3.8) is 0 Å². The van der Waals surface area contributed by atoms with Gasteiger partial charge in [-0.15, -0.1) is 0 Å². The van der Waals surface area contributed by atoms with Crippen LogP contribution in [0.1, 0.15) is 5.82 Å². The molecule has 100 valence electrons. The minimum absolute atomic E-state index is 0.566. The number of halogens is 1. The topological polar surface area (TPSA) is 75.9 Å². The van der Waals surface area contributed by atoms with E-state index in [9.17, 15) is 0 Å². The molecule has 1 heterocycles. The van der Waals surface area contributed by atoms with Crippen LogP contribution in [0.2, 0.25) is 0 Å². The minimum atomic E-state index is 0.566. The summed E-state index contributed by atoms with van der Waals surface area (Å²) in [6.07, 6.45) is 0. The summed E-state index contributed by atoms with van der Waals surface area (Å²) in [6.45, 7) is 3.11. The minimum Gasteiger partial charge on any atom is -0.369 e. The van der Waals surface area contributed by atoms with Crippen molar-refractivity contribution in [3.05, 3.63) is 40.6 Å². The maximum Gasteiger partial charge on any atom is 0.136 e. The van der Waals surface area contributed by atoms with Crippen molar-refractivity contribution < 1.29 is 0 Å². The van der Waals surface area contributed by atoms with Crippen LogP contribution in [0.3, 0.4) is 0 Å². The quantitative estimate of drug-likeness (QED) is 0.789.